The minimum absolute atomic E-state index is 0.104. The third kappa shape index (κ3) is 64.8. The molecule has 0 bridgehead atoms. The summed E-state index contributed by atoms with van der Waals surface area (Å²) in [5.41, 5.74) is 0. The predicted octanol–water partition coefficient (Wildman–Crippen LogP) is 20.2. The van der Waals surface area contributed by atoms with Gasteiger partial charge >= 0.3 is 39.5 Å². The third-order valence-electron chi connectivity index (χ3n) is 16.4. The van der Waals surface area contributed by atoms with Crippen LogP contribution in [-0.4, -0.2) is 96.7 Å². The molecule has 0 aliphatic heterocycles. The van der Waals surface area contributed by atoms with Crippen LogP contribution in [0.25, 0.3) is 0 Å². The minimum Gasteiger partial charge on any atom is -0.462 e. The fourth-order valence-corrected chi connectivity index (χ4v) is 12.3. The monoisotopic (exact) mass is 1320 g/mol. The van der Waals surface area contributed by atoms with Crippen molar-refractivity contribution in [2.75, 3.05) is 39.6 Å². The number of carbonyl (C=O) groups excluding carboxylic acids is 4. The molecule has 0 saturated heterocycles. The summed E-state index contributed by atoms with van der Waals surface area (Å²) in [5.74, 6) is 0.0921. The molecule has 0 rings (SSSR count). The third-order valence-corrected chi connectivity index (χ3v) is 18.3. The molecule has 0 amide bonds. The van der Waals surface area contributed by atoms with Gasteiger partial charge in [-0.3, -0.25) is 37.3 Å². The van der Waals surface area contributed by atoms with E-state index in [1.54, 1.807) is 0 Å². The fourth-order valence-electron chi connectivity index (χ4n) is 10.7. The van der Waals surface area contributed by atoms with Crippen LogP contribution in [0.1, 0.15) is 357 Å². The summed E-state index contributed by atoms with van der Waals surface area (Å²) in [6.45, 7) is 11.8. The summed E-state index contributed by atoms with van der Waals surface area (Å²) >= 11 is 0. The zero-order chi connectivity index (χ0) is 66.6. The van der Waals surface area contributed by atoms with Crippen LogP contribution in [0.5, 0.6) is 0 Å². The molecule has 90 heavy (non-hydrogen) atoms. The van der Waals surface area contributed by atoms with Gasteiger partial charge in [-0.25, -0.2) is 9.13 Å². The second-order valence-electron chi connectivity index (χ2n) is 27.1. The first kappa shape index (κ1) is 88.1. The summed E-state index contributed by atoms with van der Waals surface area (Å²) < 4.78 is 68.3. The Morgan fingerprint density at radius 1 is 0.300 bits per heavy atom. The number of hydrogen-bond donors (Lipinski definition) is 3. The number of aliphatic hydroxyl groups excluding tert-OH is 1. The number of rotatable bonds is 69. The lowest BCUT2D eigenvalue weighted by atomic mass is 10.0. The molecule has 5 atom stereocenters. The highest BCUT2D eigenvalue weighted by molar-refractivity contribution is 7.47. The maximum absolute atomic E-state index is 13.0. The topological polar surface area (TPSA) is 237 Å². The molecular formula is C71H138O17P2. The Bertz CT molecular complexity index is 1770. The number of ether oxygens (including phenoxy) is 4. The van der Waals surface area contributed by atoms with Crippen molar-refractivity contribution in [2.45, 2.75) is 375 Å². The van der Waals surface area contributed by atoms with E-state index >= 15 is 0 Å². The Morgan fingerprint density at radius 3 is 0.756 bits per heavy atom. The smallest absolute Gasteiger partial charge is 0.462 e. The van der Waals surface area contributed by atoms with Gasteiger partial charge in [0.25, 0.3) is 0 Å². The van der Waals surface area contributed by atoms with Crippen molar-refractivity contribution in [3.05, 3.63) is 0 Å². The van der Waals surface area contributed by atoms with Gasteiger partial charge in [-0.05, 0) is 43.4 Å². The van der Waals surface area contributed by atoms with Crippen LogP contribution in [0.3, 0.4) is 0 Å². The second kappa shape index (κ2) is 61.9. The lowest BCUT2D eigenvalue weighted by Crippen LogP contribution is -2.30. The van der Waals surface area contributed by atoms with Gasteiger partial charge in [-0.2, -0.15) is 0 Å². The molecule has 0 radical (unpaired) electrons. The maximum Gasteiger partial charge on any atom is 0.472 e. The van der Waals surface area contributed by atoms with Crippen molar-refractivity contribution in [3.8, 4) is 0 Å². The maximum atomic E-state index is 13.0. The first-order valence-corrected chi connectivity index (χ1v) is 39.8. The first-order valence-electron chi connectivity index (χ1n) is 36.8. The summed E-state index contributed by atoms with van der Waals surface area (Å²) in [6.07, 6.45) is 45.9. The number of unbranched alkanes of at least 4 members (excludes halogenated alkanes) is 37. The molecule has 0 aliphatic rings. The van der Waals surface area contributed by atoms with Crippen LogP contribution in [0.4, 0.5) is 0 Å². The summed E-state index contributed by atoms with van der Waals surface area (Å²) in [5, 5.41) is 10.6. The lowest BCUT2D eigenvalue weighted by Gasteiger charge is -2.21. The zero-order valence-electron chi connectivity index (χ0n) is 58.6. The van der Waals surface area contributed by atoms with Gasteiger partial charge in [0.2, 0.25) is 0 Å². The minimum atomic E-state index is -4.95. The highest BCUT2D eigenvalue weighted by atomic mass is 31.2. The van der Waals surface area contributed by atoms with Crippen molar-refractivity contribution in [3.63, 3.8) is 0 Å². The highest BCUT2D eigenvalue weighted by Crippen LogP contribution is 2.45. The fraction of sp³-hybridized carbons (Fsp3) is 0.944. The predicted molar refractivity (Wildman–Crippen MR) is 363 cm³/mol. The van der Waals surface area contributed by atoms with Crippen molar-refractivity contribution in [2.24, 2.45) is 17.8 Å². The number of phosphoric ester groups is 2. The molecule has 534 valence electrons. The standard InChI is InChI=1S/C71H138O17P2/c1-8-9-10-11-12-13-14-20-23-31-38-45-52-68(73)81-58-66(87-70(75)54-47-40-32-24-21-18-16-15-17-19-22-28-35-42-49-62(2)3)60-85-89(77,78)83-56-65(72)57-84-90(79,80)86-61-67(59-82-69(74)53-46-39-34-27-30-37-44-51-64(6)7)88-71(76)55-48-41-33-26-25-29-36-43-50-63(4)5/h62-67,72H,8-61H2,1-7H3,(H,77,78)(H,79,80)/t65-,66-,67-/m1/s1. The van der Waals surface area contributed by atoms with E-state index in [-0.39, 0.29) is 25.7 Å². The molecule has 0 saturated carbocycles. The zero-order valence-corrected chi connectivity index (χ0v) is 60.4. The van der Waals surface area contributed by atoms with E-state index in [1.807, 2.05) is 0 Å². The molecule has 0 heterocycles. The van der Waals surface area contributed by atoms with Crippen LogP contribution in [0, 0.1) is 17.8 Å². The van der Waals surface area contributed by atoms with Crippen molar-refractivity contribution >= 4 is 39.5 Å². The van der Waals surface area contributed by atoms with Crippen molar-refractivity contribution in [1.29, 1.82) is 0 Å². The van der Waals surface area contributed by atoms with Crippen LogP contribution in [0.2, 0.25) is 0 Å². The number of hydrogen-bond acceptors (Lipinski definition) is 15. The number of aliphatic hydroxyl groups is 1. The molecule has 19 heteroatoms. The molecule has 17 nitrogen and oxygen atoms in total. The van der Waals surface area contributed by atoms with Crippen molar-refractivity contribution in [1.82, 2.24) is 0 Å². The number of carbonyl (C=O) groups is 4. The molecule has 0 spiro atoms. The van der Waals surface area contributed by atoms with Gasteiger partial charge in [0.1, 0.15) is 19.3 Å². The normalized spacial score (nSPS) is 14.2. The van der Waals surface area contributed by atoms with Crippen LogP contribution < -0.4 is 0 Å². The average Bonchev–Trinajstić information content (AvgIpc) is 3.07. The Balaban J connectivity index is 5.24. The molecule has 0 aromatic heterocycles. The van der Waals surface area contributed by atoms with E-state index in [1.165, 1.54) is 161 Å². The number of esters is 4. The Kier molecular flexibility index (Phi) is 60.6. The summed E-state index contributed by atoms with van der Waals surface area (Å²) in [7, 11) is -9.90. The van der Waals surface area contributed by atoms with Gasteiger partial charge < -0.3 is 33.8 Å². The van der Waals surface area contributed by atoms with Gasteiger partial charge in [0.15, 0.2) is 12.2 Å². The van der Waals surface area contributed by atoms with E-state index < -0.39 is 97.5 Å². The van der Waals surface area contributed by atoms with Crippen LogP contribution in [-0.2, 0) is 65.4 Å². The van der Waals surface area contributed by atoms with E-state index in [9.17, 15) is 43.2 Å². The van der Waals surface area contributed by atoms with Gasteiger partial charge in [0.05, 0.1) is 26.4 Å². The Labute approximate surface area is 549 Å². The molecule has 0 aromatic rings. The molecule has 3 N–H and O–H groups in total. The molecule has 0 aromatic carbocycles. The van der Waals surface area contributed by atoms with Gasteiger partial charge in [0, 0.05) is 25.7 Å². The highest BCUT2D eigenvalue weighted by Gasteiger charge is 2.30. The molecule has 0 fully saturated rings. The molecule has 2 unspecified atom stereocenters. The molecule has 0 aliphatic carbocycles. The van der Waals surface area contributed by atoms with E-state index in [4.69, 9.17) is 37.0 Å². The largest absolute Gasteiger partial charge is 0.472 e. The van der Waals surface area contributed by atoms with Gasteiger partial charge in [-0.15, -0.1) is 0 Å². The second-order valence-corrected chi connectivity index (χ2v) is 30.0. The quantitative estimate of drug-likeness (QED) is 0.0222. The van der Waals surface area contributed by atoms with Crippen molar-refractivity contribution < 1.29 is 80.2 Å². The summed E-state index contributed by atoms with van der Waals surface area (Å²) in [6, 6.07) is 0. The van der Waals surface area contributed by atoms with E-state index in [2.05, 4.69) is 48.5 Å². The van der Waals surface area contributed by atoms with Crippen LogP contribution >= 0.6 is 15.6 Å². The van der Waals surface area contributed by atoms with E-state index in [0.29, 0.717) is 31.6 Å². The summed E-state index contributed by atoms with van der Waals surface area (Å²) in [4.78, 5) is 72.5. The Hall–Kier alpha value is -1.94. The number of phosphoric acid groups is 2. The van der Waals surface area contributed by atoms with Crippen LogP contribution in [0.15, 0.2) is 0 Å². The lowest BCUT2D eigenvalue weighted by molar-refractivity contribution is -0.161. The average molecular weight is 1330 g/mol. The SMILES string of the molecule is CCCCCCCCCCCCCCC(=O)OC[C@H](COP(=O)(O)OC[C@@H](O)COP(=O)(O)OC[C@@H](COC(=O)CCCCCCCCCC(C)C)OC(=O)CCCCCCCCCCC(C)C)OC(=O)CCCCCCCCCCCCCCCCC(C)C. The molecular weight excluding hydrogens is 1190 g/mol. The first-order chi connectivity index (χ1) is 43.2. The Morgan fingerprint density at radius 2 is 0.511 bits per heavy atom. The van der Waals surface area contributed by atoms with E-state index in [0.717, 1.165) is 108 Å². The van der Waals surface area contributed by atoms with Gasteiger partial charge in [-0.1, -0.05) is 305 Å².